The molecule has 0 unspecified atom stereocenters. The summed E-state index contributed by atoms with van der Waals surface area (Å²) in [5.41, 5.74) is 2.22. The molecule has 1 heterocycles. The fourth-order valence-electron chi connectivity index (χ4n) is 3.01. The minimum atomic E-state index is -4.36. The Kier molecular flexibility index (Phi) is 6.70. The van der Waals surface area contributed by atoms with Gasteiger partial charge < -0.3 is 9.80 Å². The number of alkyl halides is 3. The Balaban J connectivity index is 0.00000117. The summed E-state index contributed by atoms with van der Waals surface area (Å²) in [5.74, 6) is 0. The quantitative estimate of drug-likeness (QED) is 0.698. The highest BCUT2D eigenvalue weighted by Crippen LogP contribution is 2.39. The van der Waals surface area contributed by atoms with Gasteiger partial charge >= 0.3 is 6.18 Å². The highest BCUT2D eigenvalue weighted by Gasteiger charge is 2.35. The van der Waals surface area contributed by atoms with Crippen LogP contribution in [0.3, 0.4) is 0 Å². The van der Waals surface area contributed by atoms with Gasteiger partial charge in [-0.1, -0.05) is 49.7 Å². The molecule has 142 valence electrons. The van der Waals surface area contributed by atoms with E-state index in [2.05, 4.69) is 4.90 Å². The van der Waals surface area contributed by atoms with Gasteiger partial charge in [0.05, 0.1) is 5.56 Å². The monoisotopic (exact) mass is 364 g/mol. The van der Waals surface area contributed by atoms with E-state index in [1.807, 2.05) is 57.0 Å². The van der Waals surface area contributed by atoms with E-state index in [4.69, 9.17) is 0 Å². The summed E-state index contributed by atoms with van der Waals surface area (Å²) >= 11 is 0. The third-order valence-corrected chi connectivity index (χ3v) is 4.53. The molecule has 0 spiro atoms. The van der Waals surface area contributed by atoms with Crippen LogP contribution in [-0.2, 0) is 6.18 Å². The second kappa shape index (κ2) is 8.58. The van der Waals surface area contributed by atoms with Crippen LogP contribution in [-0.4, -0.2) is 38.1 Å². The summed E-state index contributed by atoms with van der Waals surface area (Å²) in [6.07, 6.45) is -4.36. The molecule has 0 aromatic heterocycles. The molecule has 1 saturated heterocycles. The number of rotatable bonds is 2. The van der Waals surface area contributed by atoms with Gasteiger partial charge in [0.25, 0.3) is 0 Å². The first-order chi connectivity index (χ1) is 12.3. The molecule has 3 rings (SSSR count). The normalized spacial score (nSPS) is 15.4. The molecule has 2 aromatic carbocycles. The Morgan fingerprint density at radius 3 is 1.88 bits per heavy atom. The van der Waals surface area contributed by atoms with E-state index in [1.165, 1.54) is 6.07 Å². The molecule has 0 atom stereocenters. The van der Waals surface area contributed by atoms with Gasteiger partial charge in [-0.05, 0) is 37.2 Å². The first kappa shape index (κ1) is 20.3. The van der Waals surface area contributed by atoms with E-state index in [0.29, 0.717) is 18.7 Å². The van der Waals surface area contributed by atoms with E-state index in [-0.39, 0.29) is 5.69 Å². The standard InChI is InChI=1S/C19H21F3N2.C2H6/c1-14-3-5-15(6-4-14)16-7-8-18(17(13-16)19(20,21)22)24-11-9-23(2)10-12-24;1-2/h3-8,13H,9-12H2,1-2H3;1-2H3. The number of anilines is 1. The molecule has 2 nitrogen and oxygen atoms in total. The number of benzene rings is 2. The zero-order valence-electron chi connectivity index (χ0n) is 15.9. The van der Waals surface area contributed by atoms with Crippen LogP contribution in [0.5, 0.6) is 0 Å². The predicted molar refractivity (Wildman–Crippen MR) is 103 cm³/mol. The molecule has 26 heavy (non-hydrogen) atoms. The molecular formula is C21H27F3N2. The maximum Gasteiger partial charge on any atom is 0.418 e. The maximum atomic E-state index is 13.6. The molecule has 0 amide bonds. The van der Waals surface area contributed by atoms with Crippen molar-refractivity contribution >= 4 is 5.69 Å². The van der Waals surface area contributed by atoms with Gasteiger partial charge in [-0.2, -0.15) is 13.2 Å². The fraction of sp³-hybridized carbons (Fsp3) is 0.429. The molecule has 0 saturated carbocycles. The average molecular weight is 364 g/mol. The van der Waals surface area contributed by atoms with Gasteiger partial charge in [0, 0.05) is 31.9 Å². The van der Waals surface area contributed by atoms with Crippen molar-refractivity contribution in [3.63, 3.8) is 0 Å². The lowest BCUT2D eigenvalue weighted by Crippen LogP contribution is -2.45. The number of hydrogen-bond acceptors (Lipinski definition) is 2. The minimum Gasteiger partial charge on any atom is -0.368 e. The minimum absolute atomic E-state index is 0.284. The highest BCUT2D eigenvalue weighted by molar-refractivity contribution is 5.70. The van der Waals surface area contributed by atoms with Crippen LogP contribution >= 0.6 is 0 Å². The Hall–Kier alpha value is -2.01. The average Bonchev–Trinajstić information content (AvgIpc) is 2.64. The molecule has 1 aliphatic rings. The molecule has 0 radical (unpaired) electrons. The fourth-order valence-corrected chi connectivity index (χ4v) is 3.01. The number of halogens is 3. The van der Waals surface area contributed by atoms with Crippen LogP contribution < -0.4 is 4.90 Å². The van der Waals surface area contributed by atoms with Gasteiger partial charge in [-0.15, -0.1) is 0 Å². The van der Waals surface area contributed by atoms with Crippen LogP contribution in [0.25, 0.3) is 11.1 Å². The predicted octanol–water partition coefficient (Wildman–Crippen LogP) is 5.46. The summed E-state index contributed by atoms with van der Waals surface area (Å²) in [5, 5.41) is 0. The number of hydrogen-bond donors (Lipinski definition) is 0. The molecule has 1 aliphatic heterocycles. The van der Waals surface area contributed by atoms with Crippen molar-refractivity contribution < 1.29 is 13.2 Å². The van der Waals surface area contributed by atoms with E-state index in [0.717, 1.165) is 24.2 Å². The molecule has 5 heteroatoms. The number of nitrogens with zero attached hydrogens (tertiary/aromatic N) is 2. The van der Waals surface area contributed by atoms with Crippen LogP contribution in [0, 0.1) is 6.92 Å². The van der Waals surface area contributed by atoms with Gasteiger partial charge in [0.15, 0.2) is 0 Å². The second-order valence-electron chi connectivity index (χ2n) is 6.39. The lowest BCUT2D eigenvalue weighted by Gasteiger charge is -2.35. The van der Waals surface area contributed by atoms with Gasteiger partial charge in [0.2, 0.25) is 0 Å². The third-order valence-electron chi connectivity index (χ3n) is 4.53. The molecule has 0 aliphatic carbocycles. The smallest absolute Gasteiger partial charge is 0.368 e. The van der Waals surface area contributed by atoms with Crippen molar-refractivity contribution in [2.45, 2.75) is 26.9 Å². The van der Waals surface area contributed by atoms with Crippen LogP contribution in [0.2, 0.25) is 0 Å². The van der Waals surface area contributed by atoms with Crippen LogP contribution in [0.1, 0.15) is 25.0 Å². The summed E-state index contributed by atoms with van der Waals surface area (Å²) in [6, 6.07) is 12.2. The van der Waals surface area contributed by atoms with E-state index >= 15 is 0 Å². The largest absolute Gasteiger partial charge is 0.418 e. The van der Waals surface area contributed by atoms with Crippen molar-refractivity contribution in [1.82, 2.24) is 4.90 Å². The van der Waals surface area contributed by atoms with E-state index in [1.54, 1.807) is 12.1 Å². The topological polar surface area (TPSA) is 6.48 Å². The maximum absolute atomic E-state index is 13.6. The lowest BCUT2D eigenvalue weighted by molar-refractivity contribution is -0.137. The summed E-state index contributed by atoms with van der Waals surface area (Å²) in [4.78, 5) is 3.96. The second-order valence-corrected chi connectivity index (χ2v) is 6.39. The Bertz CT molecular complexity index is 700. The van der Waals surface area contributed by atoms with Crippen LogP contribution in [0.15, 0.2) is 42.5 Å². The van der Waals surface area contributed by atoms with E-state index in [9.17, 15) is 13.2 Å². The summed E-state index contributed by atoms with van der Waals surface area (Å²) < 4.78 is 40.8. The van der Waals surface area contributed by atoms with Crippen molar-refractivity contribution in [3.8, 4) is 11.1 Å². The molecule has 1 fully saturated rings. The van der Waals surface area contributed by atoms with Gasteiger partial charge in [-0.25, -0.2) is 0 Å². The first-order valence-corrected chi connectivity index (χ1v) is 9.06. The summed E-state index contributed by atoms with van der Waals surface area (Å²) in [7, 11) is 1.99. The SMILES string of the molecule is CC.Cc1ccc(-c2ccc(N3CCN(C)CC3)c(C(F)(F)F)c2)cc1. The number of aryl methyl sites for hydroxylation is 1. The van der Waals surface area contributed by atoms with Crippen molar-refractivity contribution in [2.24, 2.45) is 0 Å². The van der Waals surface area contributed by atoms with E-state index < -0.39 is 11.7 Å². The molecular weight excluding hydrogens is 337 g/mol. The molecule has 2 aromatic rings. The third kappa shape index (κ3) is 4.79. The Labute approximate surface area is 154 Å². The lowest BCUT2D eigenvalue weighted by atomic mass is 10.00. The zero-order valence-corrected chi connectivity index (χ0v) is 15.9. The zero-order chi connectivity index (χ0) is 19.3. The Morgan fingerprint density at radius 1 is 0.808 bits per heavy atom. The Morgan fingerprint density at radius 2 is 1.35 bits per heavy atom. The highest BCUT2D eigenvalue weighted by atomic mass is 19.4. The number of piperazine rings is 1. The van der Waals surface area contributed by atoms with Crippen molar-refractivity contribution in [3.05, 3.63) is 53.6 Å². The van der Waals surface area contributed by atoms with Crippen molar-refractivity contribution in [2.75, 3.05) is 38.1 Å². The van der Waals surface area contributed by atoms with Crippen LogP contribution in [0.4, 0.5) is 18.9 Å². The van der Waals surface area contributed by atoms with Gasteiger partial charge in [-0.3, -0.25) is 0 Å². The molecule has 0 bridgehead atoms. The van der Waals surface area contributed by atoms with Crippen molar-refractivity contribution in [1.29, 1.82) is 0 Å². The first-order valence-electron chi connectivity index (χ1n) is 9.06. The number of likely N-dealkylation sites (N-methyl/N-ethyl adjacent to an activating group) is 1. The summed E-state index contributed by atoms with van der Waals surface area (Å²) in [6.45, 7) is 8.74. The van der Waals surface area contributed by atoms with Gasteiger partial charge in [0.1, 0.15) is 0 Å². The molecule has 0 N–H and O–H groups in total.